The van der Waals surface area contributed by atoms with Crippen LogP contribution in [-0.2, 0) is 5.41 Å². The number of nitrogens with one attached hydrogen (secondary N) is 1. The molecule has 0 amide bonds. The summed E-state index contributed by atoms with van der Waals surface area (Å²) in [6.07, 6.45) is 8.09. The SMILES string of the molecule is CC(NCC(O)COc1ccc(C23CC4CC(CC(C4)C2)C3)cc1)c1ccccc1. The lowest BCUT2D eigenvalue weighted by Gasteiger charge is -2.57. The van der Waals surface area contributed by atoms with Gasteiger partial charge >= 0.3 is 0 Å². The van der Waals surface area contributed by atoms with Gasteiger partial charge in [-0.1, -0.05) is 42.5 Å². The van der Waals surface area contributed by atoms with Crippen LogP contribution in [0, 0.1) is 17.8 Å². The Hall–Kier alpha value is -1.84. The Morgan fingerprint density at radius 2 is 1.53 bits per heavy atom. The molecule has 2 N–H and O–H groups in total. The Kier molecular flexibility index (Phi) is 5.59. The molecule has 3 heteroatoms. The van der Waals surface area contributed by atoms with Crippen LogP contribution < -0.4 is 10.1 Å². The second-order valence-electron chi connectivity index (χ2n) is 10.2. The molecule has 4 aliphatic carbocycles. The first-order valence-electron chi connectivity index (χ1n) is 11.8. The maximum atomic E-state index is 10.3. The van der Waals surface area contributed by atoms with E-state index in [1.54, 1.807) is 0 Å². The van der Waals surface area contributed by atoms with E-state index < -0.39 is 6.10 Å². The molecule has 3 nitrogen and oxygen atoms in total. The molecule has 4 bridgehead atoms. The standard InChI is InChI=1S/C27H35NO2/c1-19(23-5-3-2-4-6-23)28-17-25(29)18-30-26-9-7-24(8-10-26)27-14-20-11-21(15-27)13-22(12-20)16-27/h2-10,19-22,25,28-29H,11-18H2,1H3. The van der Waals surface area contributed by atoms with Crippen molar-refractivity contribution in [1.82, 2.24) is 5.32 Å². The van der Waals surface area contributed by atoms with E-state index in [0.29, 0.717) is 18.6 Å². The molecule has 0 spiro atoms. The van der Waals surface area contributed by atoms with Crippen LogP contribution in [0.25, 0.3) is 0 Å². The first-order chi connectivity index (χ1) is 14.6. The summed E-state index contributed by atoms with van der Waals surface area (Å²) >= 11 is 0. The van der Waals surface area contributed by atoms with Gasteiger partial charge < -0.3 is 15.2 Å². The fourth-order valence-corrected chi connectivity index (χ4v) is 6.79. The predicted octanol–water partition coefficient (Wildman–Crippen LogP) is 5.24. The van der Waals surface area contributed by atoms with E-state index in [9.17, 15) is 5.11 Å². The van der Waals surface area contributed by atoms with E-state index in [1.807, 2.05) is 18.2 Å². The zero-order valence-electron chi connectivity index (χ0n) is 18.1. The Balaban J connectivity index is 1.12. The molecule has 4 saturated carbocycles. The van der Waals surface area contributed by atoms with E-state index >= 15 is 0 Å². The molecule has 4 fully saturated rings. The average Bonchev–Trinajstić information content (AvgIpc) is 2.76. The maximum absolute atomic E-state index is 10.3. The van der Waals surface area contributed by atoms with E-state index in [0.717, 1.165) is 23.5 Å². The van der Waals surface area contributed by atoms with E-state index in [4.69, 9.17) is 4.74 Å². The number of ether oxygens (including phenoxy) is 1. The highest BCUT2D eigenvalue weighted by atomic mass is 16.5. The molecule has 2 aromatic rings. The largest absolute Gasteiger partial charge is 0.491 e. The molecule has 4 aliphatic rings. The summed E-state index contributed by atoms with van der Waals surface area (Å²) in [4.78, 5) is 0. The number of hydrogen-bond donors (Lipinski definition) is 2. The van der Waals surface area contributed by atoms with Gasteiger partial charge in [-0.15, -0.1) is 0 Å². The quantitative estimate of drug-likeness (QED) is 0.631. The molecule has 0 aromatic heterocycles. The Morgan fingerprint density at radius 1 is 0.933 bits per heavy atom. The molecule has 0 heterocycles. The summed E-state index contributed by atoms with van der Waals surface area (Å²) in [5, 5.41) is 13.7. The van der Waals surface area contributed by atoms with Crippen molar-refractivity contribution >= 4 is 0 Å². The van der Waals surface area contributed by atoms with Gasteiger partial charge in [-0.05, 0) is 91.9 Å². The summed E-state index contributed by atoms with van der Waals surface area (Å²) in [5.41, 5.74) is 3.18. The number of benzene rings is 2. The van der Waals surface area contributed by atoms with E-state index in [1.165, 1.54) is 49.7 Å². The molecule has 2 unspecified atom stereocenters. The third kappa shape index (κ3) is 4.15. The highest BCUT2D eigenvalue weighted by Gasteiger charge is 2.51. The lowest BCUT2D eigenvalue weighted by Crippen LogP contribution is -2.48. The molecule has 2 aromatic carbocycles. The van der Waals surface area contributed by atoms with Crippen LogP contribution >= 0.6 is 0 Å². The van der Waals surface area contributed by atoms with Crippen LogP contribution in [0.5, 0.6) is 5.75 Å². The lowest BCUT2D eigenvalue weighted by molar-refractivity contribution is -0.00521. The topological polar surface area (TPSA) is 41.5 Å². The summed E-state index contributed by atoms with van der Waals surface area (Å²) in [5.74, 6) is 3.76. The van der Waals surface area contributed by atoms with Gasteiger partial charge in [0.2, 0.25) is 0 Å². The van der Waals surface area contributed by atoms with Gasteiger partial charge in [-0.2, -0.15) is 0 Å². The minimum atomic E-state index is -0.529. The van der Waals surface area contributed by atoms with Crippen molar-refractivity contribution in [2.75, 3.05) is 13.2 Å². The molecule has 0 radical (unpaired) electrons. The number of aliphatic hydroxyl groups excluding tert-OH is 1. The summed E-state index contributed by atoms with van der Waals surface area (Å²) < 4.78 is 5.89. The second-order valence-corrected chi connectivity index (χ2v) is 10.2. The summed E-state index contributed by atoms with van der Waals surface area (Å²) in [7, 11) is 0. The number of aliphatic hydroxyl groups is 1. The normalized spacial score (nSPS) is 31.5. The smallest absolute Gasteiger partial charge is 0.119 e. The number of rotatable bonds is 8. The molecular formula is C27H35NO2. The van der Waals surface area contributed by atoms with Crippen molar-refractivity contribution in [1.29, 1.82) is 0 Å². The maximum Gasteiger partial charge on any atom is 0.119 e. The van der Waals surface area contributed by atoms with Crippen molar-refractivity contribution in [2.45, 2.75) is 63.0 Å². The molecule has 0 aliphatic heterocycles. The minimum absolute atomic E-state index is 0.209. The zero-order chi connectivity index (χ0) is 20.6. The Labute approximate surface area is 180 Å². The minimum Gasteiger partial charge on any atom is -0.491 e. The first-order valence-corrected chi connectivity index (χ1v) is 11.8. The Morgan fingerprint density at radius 3 is 2.13 bits per heavy atom. The van der Waals surface area contributed by atoms with E-state index in [2.05, 4.69) is 48.6 Å². The highest BCUT2D eigenvalue weighted by molar-refractivity contribution is 5.34. The van der Waals surface area contributed by atoms with Gasteiger partial charge in [0.1, 0.15) is 18.5 Å². The van der Waals surface area contributed by atoms with Gasteiger partial charge in [0, 0.05) is 12.6 Å². The second kappa shape index (κ2) is 8.36. The molecular weight excluding hydrogens is 370 g/mol. The monoisotopic (exact) mass is 405 g/mol. The molecule has 2 atom stereocenters. The Bertz CT molecular complexity index is 796. The third-order valence-corrected chi connectivity index (χ3v) is 7.91. The van der Waals surface area contributed by atoms with Gasteiger partial charge in [-0.25, -0.2) is 0 Å². The van der Waals surface area contributed by atoms with Crippen LogP contribution in [0.2, 0.25) is 0 Å². The molecule has 6 rings (SSSR count). The summed E-state index contributed by atoms with van der Waals surface area (Å²) in [6.45, 7) is 2.94. The summed E-state index contributed by atoms with van der Waals surface area (Å²) in [6, 6.07) is 19.3. The van der Waals surface area contributed by atoms with Crippen LogP contribution in [0.1, 0.15) is 62.6 Å². The highest BCUT2D eigenvalue weighted by Crippen LogP contribution is 2.60. The molecule has 160 valence electrons. The fraction of sp³-hybridized carbons (Fsp3) is 0.556. The van der Waals surface area contributed by atoms with Gasteiger partial charge in [0.15, 0.2) is 0 Å². The van der Waals surface area contributed by atoms with Crippen LogP contribution in [0.15, 0.2) is 54.6 Å². The first kappa shape index (κ1) is 20.1. The van der Waals surface area contributed by atoms with Gasteiger partial charge in [-0.3, -0.25) is 0 Å². The van der Waals surface area contributed by atoms with Crippen molar-refractivity contribution in [2.24, 2.45) is 17.8 Å². The molecule has 0 saturated heterocycles. The predicted molar refractivity (Wildman–Crippen MR) is 121 cm³/mol. The average molecular weight is 406 g/mol. The van der Waals surface area contributed by atoms with Crippen LogP contribution in [0.3, 0.4) is 0 Å². The van der Waals surface area contributed by atoms with Crippen molar-refractivity contribution < 1.29 is 9.84 Å². The van der Waals surface area contributed by atoms with Crippen molar-refractivity contribution in [3.63, 3.8) is 0 Å². The van der Waals surface area contributed by atoms with Gasteiger partial charge in [0.05, 0.1) is 0 Å². The van der Waals surface area contributed by atoms with E-state index in [-0.39, 0.29) is 6.04 Å². The lowest BCUT2D eigenvalue weighted by atomic mass is 9.48. The molecule has 30 heavy (non-hydrogen) atoms. The van der Waals surface area contributed by atoms with Gasteiger partial charge in [0.25, 0.3) is 0 Å². The third-order valence-electron chi connectivity index (χ3n) is 7.91. The fourth-order valence-electron chi connectivity index (χ4n) is 6.79. The number of hydrogen-bond acceptors (Lipinski definition) is 3. The van der Waals surface area contributed by atoms with Crippen molar-refractivity contribution in [3.05, 3.63) is 65.7 Å². The van der Waals surface area contributed by atoms with Crippen LogP contribution in [0.4, 0.5) is 0 Å². The van der Waals surface area contributed by atoms with Crippen LogP contribution in [-0.4, -0.2) is 24.4 Å². The zero-order valence-corrected chi connectivity index (χ0v) is 18.1. The van der Waals surface area contributed by atoms with Crippen molar-refractivity contribution in [3.8, 4) is 5.75 Å².